The summed E-state index contributed by atoms with van der Waals surface area (Å²) in [5, 5.41) is 12.9. The molecule has 1 atom stereocenters. The van der Waals surface area contributed by atoms with Crippen molar-refractivity contribution in [2.45, 2.75) is 63.1 Å². The first kappa shape index (κ1) is 21.7. The number of halogens is 2. The number of nitrogens with zero attached hydrogens (tertiary/aromatic N) is 3. The molecule has 0 aliphatic carbocycles. The van der Waals surface area contributed by atoms with Crippen molar-refractivity contribution in [3.8, 4) is 0 Å². The topological polar surface area (TPSA) is 95.1 Å². The van der Waals surface area contributed by atoms with Crippen LogP contribution < -0.4 is 10.5 Å². The first-order valence-electron chi connectivity index (χ1n) is 9.37. The number of anilines is 1. The molecule has 0 aromatic carbocycles. The predicted octanol–water partition coefficient (Wildman–Crippen LogP) is 3.88. The Balaban J connectivity index is 1.96. The van der Waals surface area contributed by atoms with E-state index < -0.39 is 23.1 Å². The van der Waals surface area contributed by atoms with Crippen LogP contribution in [0.15, 0.2) is 23.4 Å². The summed E-state index contributed by atoms with van der Waals surface area (Å²) in [6.07, 6.45) is 4.22. The number of ether oxygens (including phenoxy) is 1. The Morgan fingerprint density at radius 1 is 1.48 bits per heavy atom. The highest BCUT2D eigenvalue weighted by Gasteiger charge is 2.37. The number of alkyl halides is 2. The van der Waals surface area contributed by atoms with Crippen molar-refractivity contribution >= 4 is 23.5 Å². The van der Waals surface area contributed by atoms with Gasteiger partial charge in [0.1, 0.15) is 16.4 Å². The second-order valence-electron chi connectivity index (χ2n) is 7.58. The van der Waals surface area contributed by atoms with Gasteiger partial charge in [-0.15, -0.1) is 0 Å². The van der Waals surface area contributed by atoms with Crippen LogP contribution in [0.1, 0.15) is 54.9 Å². The summed E-state index contributed by atoms with van der Waals surface area (Å²) in [4.78, 5) is 17.1. The second kappa shape index (κ2) is 8.37. The van der Waals surface area contributed by atoms with E-state index in [4.69, 9.17) is 9.88 Å². The van der Waals surface area contributed by atoms with Gasteiger partial charge >= 0.3 is 0 Å². The predicted molar refractivity (Wildman–Crippen MR) is 107 cm³/mol. The highest BCUT2D eigenvalue weighted by molar-refractivity contribution is 7.97. The van der Waals surface area contributed by atoms with E-state index in [1.165, 1.54) is 17.8 Å². The maximum absolute atomic E-state index is 14.1. The molecule has 2 aromatic heterocycles. The van der Waals surface area contributed by atoms with E-state index in [9.17, 15) is 13.6 Å². The Kier molecular flexibility index (Phi) is 6.25. The highest BCUT2D eigenvalue weighted by Crippen LogP contribution is 2.33. The van der Waals surface area contributed by atoms with Gasteiger partial charge < -0.3 is 10.1 Å². The SMILES string of the molecule is Cc1c(C(C)(F)F)nn(C[C@@]2(C)CCCCO2)c1C(=O)Nc1ccnc(SN)c1. The summed E-state index contributed by atoms with van der Waals surface area (Å²) >= 11 is 0.947. The lowest BCUT2D eigenvalue weighted by molar-refractivity contribution is -0.0778. The van der Waals surface area contributed by atoms with Crippen molar-refractivity contribution < 1.29 is 18.3 Å². The van der Waals surface area contributed by atoms with Crippen LogP contribution >= 0.6 is 11.9 Å². The molecule has 0 saturated carbocycles. The lowest BCUT2D eigenvalue weighted by Gasteiger charge is -2.34. The van der Waals surface area contributed by atoms with Crippen LogP contribution in [0.5, 0.6) is 0 Å². The van der Waals surface area contributed by atoms with Gasteiger partial charge in [0, 0.05) is 31.0 Å². The van der Waals surface area contributed by atoms with Crippen LogP contribution in [-0.4, -0.2) is 32.9 Å². The number of rotatable bonds is 6. The number of nitrogens with one attached hydrogen (secondary N) is 1. The molecule has 0 spiro atoms. The van der Waals surface area contributed by atoms with E-state index >= 15 is 0 Å². The van der Waals surface area contributed by atoms with E-state index in [1.54, 1.807) is 12.1 Å². The zero-order valence-electron chi connectivity index (χ0n) is 16.7. The molecule has 1 saturated heterocycles. The van der Waals surface area contributed by atoms with Crippen LogP contribution in [-0.2, 0) is 17.2 Å². The molecule has 3 rings (SSSR count). The largest absolute Gasteiger partial charge is 0.373 e. The molecular weight excluding hydrogens is 400 g/mol. The van der Waals surface area contributed by atoms with Gasteiger partial charge in [0.2, 0.25) is 0 Å². The third-order valence-electron chi connectivity index (χ3n) is 4.97. The molecule has 3 N–H and O–H groups in total. The molecule has 2 aromatic rings. The molecule has 0 bridgehead atoms. The molecule has 1 fully saturated rings. The zero-order valence-corrected chi connectivity index (χ0v) is 17.5. The van der Waals surface area contributed by atoms with Crippen molar-refractivity contribution in [2.75, 3.05) is 11.9 Å². The molecule has 1 aliphatic rings. The standard InChI is InChI=1S/C19H25F2N5O2S/c1-12-15(17(27)24-13-6-8-23-14(10-13)29-22)26(25-16(12)19(3,20)21)11-18(2)7-4-5-9-28-18/h6,8,10H,4-5,7,9,11,22H2,1-3H3,(H,23,24,27)/t18-/m1/s1. The third kappa shape index (κ3) is 4.93. The lowest BCUT2D eigenvalue weighted by Crippen LogP contribution is -2.39. The maximum Gasteiger partial charge on any atom is 0.289 e. The first-order chi connectivity index (χ1) is 13.6. The average molecular weight is 426 g/mol. The normalized spacial score (nSPS) is 19.9. The monoisotopic (exact) mass is 425 g/mol. The number of carbonyl (C=O) groups excluding carboxylic acids is 1. The van der Waals surface area contributed by atoms with Gasteiger partial charge in [0.15, 0.2) is 0 Å². The van der Waals surface area contributed by atoms with Gasteiger partial charge in [-0.1, -0.05) is 0 Å². The fraction of sp³-hybridized carbons (Fsp3) is 0.526. The molecule has 7 nitrogen and oxygen atoms in total. The summed E-state index contributed by atoms with van der Waals surface area (Å²) in [6.45, 7) is 5.00. The molecule has 0 radical (unpaired) electrons. The smallest absolute Gasteiger partial charge is 0.289 e. The summed E-state index contributed by atoms with van der Waals surface area (Å²) in [6, 6.07) is 3.22. The van der Waals surface area contributed by atoms with Crippen molar-refractivity contribution in [1.82, 2.24) is 14.8 Å². The van der Waals surface area contributed by atoms with Gasteiger partial charge in [-0.3, -0.25) is 14.6 Å². The van der Waals surface area contributed by atoms with Gasteiger partial charge in [-0.25, -0.2) is 4.98 Å². The Morgan fingerprint density at radius 3 is 2.86 bits per heavy atom. The van der Waals surface area contributed by atoms with Crippen LogP contribution in [0, 0.1) is 6.92 Å². The highest BCUT2D eigenvalue weighted by atomic mass is 32.2. The molecule has 0 unspecified atom stereocenters. The van der Waals surface area contributed by atoms with Crippen LogP contribution in [0.4, 0.5) is 14.5 Å². The summed E-state index contributed by atoms with van der Waals surface area (Å²) in [7, 11) is 0. The molecule has 1 aliphatic heterocycles. The number of nitrogens with two attached hydrogens (primary N) is 1. The van der Waals surface area contributed by atoms with Gasteiger partial charge in [-0.05, 0) is 57.2 Å². The molecular formula is C19H25F2N5O2S. The number of hydrogen-bond donors (Lipinski definition) is 2. The summed E-state index contributed by atoms with van der Waals surface area (Å²) in [5.41, 5.74) is -0.260. The minimum Gasteiger partial charge on any atom is -0.373 e. The summed E-state index contributed by atoms with van der Waals surface area (Å²) in [5.74, 6) is -3.69. The van der Waals surface area contributed by atoms with Gasteiger partial charge in [-0.2, -0.15) is 13.9 Å². The zero-order chi connectivity index (χ0) is 21.2. The Labute approximate surface area is 172 Å². The minimum atomic E-state index is -3.17. The molecule has 29 heavy (non-hydrogen) atoms. The van der Waals surface area contributed by atoms with E-state index in [0.717, 1.165) is 38.1 Å². The minimum absolute atomic E-state index is 0.0932. The number of hydrogen-bond acceptors (Lipinski definition) is 6. The van der Waals surface area contributed by atoms with E-state index in [0.29, 0.717) is 17.3 Å². The van der Waals surface area contributed by atoms with E-state index in [-0.39, 0.29) is 17.8 Å². The van der Waals surface area contributed by atoms with E-state index in [2.05, 4.69) is 15.4 Å². The van der Waals surface area contributed by atoms with Crippen molar-refractivity contribution in [2.24, 2.45) is 5.14 Å². The van der Waals surface area contributed by atoms with Crippen molar-refractivity contribution in [3.05, 3.63) is 35.3 Å². The number of aromatic nitrogens is 3. The third-order valence-corrected chi connectivity index (χ3v) is 5.43. The fourth-order valence-corrected chi connectivity index (χ4v) is 3.86. The van der Waals surface area contributed by atoms with Gasteiger partial charge in [0.25, 0.3) is 11.8 Å². The van der Waals surface area contributed by atoms with Crippen LogP contribution in [0.25, 0.3) is 0 Å². The number of amides is 1. The Morgan fingerprint density at radius 2 is 2.24 bits per heavy atom. The van der Waals surface area contributed by atoms with E-state index in [1.807, 2.05) is 6.92 Å². The molecule has 10 heteroatoms. The second-order valence-corrected chi connectivity index (χ2v) is 8.23. The van der Waals surface area contributed by atoms with Gasteiger partial charge in [0.05, 0.1) is 12.1 Å². The lowest BCUT2D eigenvalue weighted by atomic mass is 9.96. The first-order valence-corrected chi connectivity index (χ1v) is 10.2. The van der Waals surface area contributed by atoms with Crippen LogP contribution in [0.3, 0.4) is 0 Å². The van der Waals surface area contributed by atoms with Crippen LogP contribution in [0.2, 0.25) is 0 Å². The molecule has 158 valence electrons. The summed E-state index contributed by atoms with van der Waals surface area (Å²) < 4.78 is 35.4. The fourth-order valence-electron chi connectivity index (χ4n) is 3.55. The molecule has 3 heterocycles. The number of carbonyl (C=O) groups is 1. The average Bonchev–Trinajstić information content (AvgIpc) is 2.98. The molecule has 1 amide bonds. The maximum atomic E-state index is 14.1. The Bertz CT molecular complexity index is 891. The quantitative estimate of drug-likeness (QED) is 0.682. The Hall–Kier alpha value is -2.04. The number of pyridine rings is 1. The van der Waals surface area contributed by atoms with Crippen molar-refractivity contribution in [1.29, 1.82) is 0 Å². The van der Waals surface area contributed by atoms with Crippen molar-refractivity contribution in [3.63, 3.8) is 0 Å².